The fraction of sp³-hybridized carbons (Fsp3) is 0.900. The van der Waals surface area contributed by atoms with Gasteiger partial charge in [-0.3, -0.25) is 0 Å². The Kier molecular flexibility index (Phi) is 14.4. The van der Waals surface area contributed by atoms with E-state index in [0.717, 1.165) is 0 Å². The van der Waals surface area contributed by atoms with E-state index in [1.165, 1.54) is 0 Å². The minimum Gasteiger partial charge on any atom is -0.475 e. The molecule has 18 heavy (non-hydrogen) atoms. The Morgan fingerprint density at radius 3 is 0.944 bits per heavy atom. The first-order valence-electron chi connectivity index (χ1n) is 4.82. The van der Waals surface area contributed by atoms with E-state index in [-0.39, 0.29) is 35.1 Å². The van der Waals surface area contributed by atoms with Crippen molar-refractivity contribution in [1.82, 2.24) is 0 Å². The lowest BCUT2D eigenvalue weighted by Crippen LogP contribution is -2.26. The minimum atomic E-state index is -5.08. The molecule has 0 aromatic heterocycles. The lowest BCUT2D eigenvalue weighted by atomic mass is 10.1. The highest BCUT2D eigenvalue weighted by Gasteiger charge is 2.38. The third-order valence-corrected chi connectivity index (χ3v) is 0.243. The molecule has 0 aromatic rings. The van der Waals surface area contributed by atoms with Gasteiger partial charge in [0.1, 0.15) is 0 Å². The number of hydrogen-bond acceptors (Lipinski definition) is 3. The molecule has 114 valence electrons. The molecule has 5 N–H and O–H groups in total. The number of carbonyl (C=O) groups is 1. The summed E-state index contributed by atoms with van der Waals surface area (Å²) in [4.78, 5) is 8.90. The first-order valence-corrected chi connectivity index (χ1v) is 4.82. The summed E-state index contributed by atoms with van der Waals surface area (Å²) in [6, 6.07) is 0. The van der Waals surface area contributed by atoms with Crippen LogP contribution in [0.2, 0.25) is 0 Å². The van der Waals surface area contributed by atoms with E-state index >= 15 is 0 Å². The van der Waals surface area contributed by atoms with Gasteiger partial charge in [-0.15, -0.1) is 24.0 Å². The Balaban J connectivity index is -0.0000000813. The molecule has 0 aliphatic rings. The van der Waals surface area contributed by atoms with Gasteiger partial charge in [0.2, 0.25) is 0 Å². The largest absolute Gasteiger partial charge is 0.490 e. The fourth-order valence-electron chi connectivity index (χ4n) is 0. The van der Waals surface area contributed by atoms with Crippen molar-refractivity contribution in [3.8, 4) is 0 Å². The van der Waals surface area contributed by atoms with Crippen LogP contribution in [0.1, 0.15) is 41.5 Å². The molecule has 0 aliphatic carbocycles. The summed E-state index contributed by atoms with van der Waals surface area (Å²) < 4.78 is 31.7. The molecule has 0 atom stereocenters. The van der Waals surface area contributed by atoms with Gasteiger partial charge in [-0.1, -0.05) is 0 Å². The van der Waals surface area contributed by atoms with Gasteiger partial charge in [0, 0.05) is 11.1 Å². The Bertz CT molecular complexity index is 197. The van der Waals surface area contributed by atoms with Gasteiger partial charge in [0.25, 0.3) is 0 Å². The number of rotatable bonds is 0. The van der Waals surface area contributed by atoms with Crippen molar-refractivity contribution < 1.29 is 23.1 Å². The van der Waals surface area contributed by atoms with Crippen LogP contribution in [-0.2, 0) is 4.79 Å². The van der Waals surface area contributed by atoms with E-state index in [0.29, 0.717) is 0 Å². The van der Waals surface area contributed by atoms with Gasteiger partial charge < -0.3 is 16.6 Å². The van der Waals surface area contributed by atoms with E-state index < -0.39 is 12.1 Å². The molecule has 0 rings (SSSR count). The maximum atomic E-state index is 10.6. The predicted octanol–water partition coefficient (Wildman–Crippen LogP) is 2.74. The lowest BCUT2D eigenvalue weighted by molar-refractivity contribution is -0.192. The molecule has 4 nitrogen and oxygen atoms in total. The molecule has 0 radical (unpaired) electrons. The number of carboxylic acid groups (broad SMARTS) is 1. The standard InChI is InChI=1S/2C4H11N.C2HF3O2.HI/c2*1-4(2,3)5;3-2(4,5)1(6)7;/h2*5H2,1-3H3;(H,6,7);1H. The van der Waals surface area contributed by atoms with Gasteiger partial charge >= 0.3 is 12.1 Å². The first-order chi connectivity index (χ1) is 6.94. The van der Waals surface area contributed by atoms with E-state index in [1.54, 1.807) is 0 Å². The molecule has 0 saturated carbocycles. The first kappa shape index (κ1) is 26.5. The van der Waals surface area contributed by atoms with Crippen LogP contribution in [-0.4, -0.2) is 28.3 Å². The van der Waals surface area contributed by atoms with Gasteiger partial charge in [0.05, 0.1) is 0 Å². The van der Waals surface area contributed by atoms with Crippen molar-refractivity contribution >= 4 is 29.9 Å². The second-order valence-electron chi connectivity index (χ2n) is 5.53. The van der Waals surface area contributed by atoms with E-state index in [9.17, 15) is 13.2 Å². The molecule has 0 unspecified atom stereocenters. The highest BCUT2D eigenvalue weighted by Crippen LogP contribution is 2.13. The molecule has 0 bridgehead atoms. The number of hydrogen-bond donors (Lipinski definition) is 3. The molecule has 0 aliphatic heterocycles. The number of halogens is 4. The monoisotopic (exact) mass is 388 g/mol. The quantitative estimate of drug-likeness (QED) is 0.557. The number of aliphatic carboxylic acids is 1. The molecule has 0 fully saturated rings. The zero-order valence-electron chi connectivity index (χ0n) is 11.6. The summed E-state index contributed by atoms with van der Waals surface area (Å²) >= 11 is 0. The Morgan fingerprint density at radius 2 is 0.944 bits per heavy atom. The molecule has 8 heteroatoms. The number of carboxylic acids is 1. The summed E-state index contributed by atoms with van der Waals surface area (Å²) in [5.41, 5.74) is 10.7. The van der Waals surface area contributed by atoms with Crippen molar-refractivity contribution in [1.29, 1.82) is 0 Å². The zero-order valence-corrected chi connectivity index (χ0v) is 13.9. The lowest BCUT2D eigenvalue weighted by Gasteiger charge is -2.06. The van der Waals surface area contributed by atoms with Crippen molar-refractivity contribution in [2.75, 3.05) is 0 Å². The molecule has 0 heterocycles. The highest BCUT2D eigenvalue weighted by molar-refractivity contribution is 14.0. The normalized spacial score (nSPS) is 11.1. The molecular weight excluding hydrogens is 364 g/mol. The highest BCUT2D eigenvalue weighted by atomic mass is 127. The zero-order chi connectivity index (χ0) is 15.1. The average molecular weight is 388 g/mol. The van der Waals surface area contributed by atoms with E-state index in [2.05, 4.69) is 0 Å². The second kappa shape index (κ2) is 9.79. The van der Waals surface area contributed by atoms with Crippen molar-refractivity contribution in [3.05, 3.63) is 0 Å². The van der Waals surface area contributed by atoms with Crippen LogP contribution < -0.4 is 11.5 Å². The van der Waals surface area contributed by atoms with Crippen molar-refractivity contribution in [3.63, 3.8) is 0 Å². The summed E-state index contributed by atoms with van der Waals surface area (Å²) in [6.07, 6.45) is -5.08. The van der Waals surface area contributed by atoms with Crippen LogP contribution in [0.15, 0.2) is 0 Å². The third-order valence-electron chi connectivity index (χ3n) is 0.243. The summed E-state index contributed by atoms with van der Waals surface area (Å²) in [5, 5.41) is 7.12. The smallest absolute Gasteiger partial charge is 0.475 e. The Morgan fingerprint density at radius 1 is 0.889 bits per heavy atom. The predicted molar refractivity (Wildman–Crippen MR) is 77.0 cm³/mol. The molecule has 0 saturated heterocycles. The van der Waals surface area contributed by atoms with Crippen LogP contribution in [0, 0.1) is 0 Å². The Hall–Kier alpha value is -0.0900. The van der Waals surface area contributed by atoms with Crippen molar-refractivity contribution in [2.24, 2.45) is 11.5 Å². The van der Waals surface area contributed by atoms with Crippen LogP contribution in [0.5, 0.6) is 0 Å². The third kappa shape index (κ3) is 101. The molecule has 0 spiro atoms. The van der Waals surface area contributed by atoms with E-state index in [1.807, 2.05) is 41.5 Å². The molecule has 0 aromatic carbocycles. The summed E-state index contributed by atoms with van der Waals surface area (Å²) in [7, 11) is 0. The molecule has 0 amide bonds. The Labute approximate surface area is 123 Å². The van der Waals surface area contributed by atoms with Gasteiger partial charge in [-0.25, -0.2) is 4.79 Å². The second-order valence-corrected chi connectivity index (χ2v) is 5.53. The number of nitrogens with two attached hydrogens (primary N) is 2. The topological polar surface area (TPSA) is 89.3 Å². The fourth-order valence-corrected chi connectivity index (χ4v) is 0. The van der Waals surface area contributed by atoms with Crippen LogP contribution in [0.25, 0.3) is 0 Å². The molecular formula is C10H24F3IN2O2. The maximum Gasteiger partial charge on any atom is 0.490 e. The van der Waals surface area contributed by atoms with Crippen LogP contribution >= 0.6 is 24.0 Å². The van der Waals surface area contributed by atoms with Crippen LogP contribution in [0.3, 0.4) is 0 Å². The SMILES string of the molecule is CC(C)(C)N.CC(C)(C)N.I.O=C(O)C(F)(F)F. The summed E-state index contributed by atoms with van der Waals surface area (Å²) in [5.74, 6) is -2.76. The number of alkyl halides is 3. The van der Waals surface area contributed by atoms with Crippen LogP contribution in [0.4, 0.5) is 13.2 Å². The maximum absolute atomic E-state index is 10.6. The minimum absolute atomic E-state index is 0. The average Bonchev–Trinajstić information content (AvgIpc) is 1.74. The summed E-state index contributed by atoms with van der Waals surface area (Å²) in [6.45, 7) is 11.8. The van der Waals surface area contributed by atoms with Crippen molar-refractivity contribution in [2.45, 2.75) is 58.8 Å². The van der Waals surface area contributed by atoms with Gasteiger partial charge in [0.15, 0.2) is 0 Å². The van der Waals surface area contributed by atoms with Gasteiger partial charge in [-0.2, -0.15) is 13.2 Å². The van der Waals surface area contributed by atoms with E-state index in [4.69, 9.17) is 21.4 Å². The van der Waals surface area contributed by atoms with Gasteiger partial charge in [-0.05, 0) is 41.5 Å².